The van der Waals surface area contributed by atoms with Crippen molar-refractivity contribution in [1.82, 2.24) is 15.0 Å². The summed E-state index contributed by atoms with van der Waals surface area (Å²) in [6.45, 7) is 10.5. The van der Waals surface area contributed by atoms with E-state index >= 15 is 0 Å². The summed E-state index contributed by atoms with van der Waals surface area (Å²) >= 11 is 0. The lowest BCUT2D eigenvalue weighted by atomic mass is 9.81. The number of allylic oxidation sites excluding steroid dienone is 4. The van der Waals surface area contributed by atoms with Crippen LogP contribution in [0, 0.1) is 16.7 Å². The van der Waals surface area contributed by atoms with Crippen LogP contribution >= 0.6 is 0 Å². The third kappa shape index (κ3) is 5.62. The topological polar surface area (TPSA) is 68.9 Å². The van der Waals surface area contributed by atoms with Crippen LogP contribution in [0.4, 0.5) is 20.4 Å². The fourth-order valence-electron chi connectivity index (χ4n) is 5.07. The third-order valence-corrected chi connectivity index (χ3v) is 6.87. The largest absolute Gasteiger partial charge is 0.341 e. The molecule has 0 atom stereocenters. The van der Waals surface area contributed by atoms with E-state index in [-0.39, 0.29) is 17.0 Å². The van der Waals surface area contributed by atoms with Gasteiger partial charge in [-0.1, -0.05) is 32.6 Å². The summed E-state index contributed by atoms with van der Waals surface area (Å²) in [5, 5.41) is 9.01. The molecule has 8 heteroatoms. The maximum absolute atomic E-state index is 14.3. The average Bonchev–Trinajstić information content (AvgIpc) is 3.03. The molecule has 1 saturated heterocycles. The predicted molar refractivity (Wildman–Crippen MR) is 139 cm³/mol. The number of hydrogen-bond acceptors (Lipinski definition) is 6. The Balaban J connectivity index is 1.68. The van der Waals surface area contributed by atoms with Gasteiger partial charge in [-0.05, 0) is 48.8 Å². The molecule has 0 unspecified atom stereocenters. The maximum atomic E-state index is 14.3. The molecule has 0 bridgehead atoms. The van der Waals surface area contributed by atoms with Gasteiger partial charge in [-0.25, -0.2) is 18.7 Å². The predicted octanol–water partition coefficient (Wildman–Crippen LogP) is 6.15. The Morgan fingerprint density at radius 2 is 1.86 bits per heavy atom. The van der Waals surface area contributed by atoms with Gasteiger partial charge in [-0.2, -0.15) is 5.26 Å². The zero-order valence-electron chi connectivity index (χ0n) is 21.1. The lowest BCUT2D eigenvalue weighted by Crippen LogP contribution is -2.46. The van der Waals surface area contributed by atoms with Gasteiger partial charge >= 0.3 is 0 Å². The first-order valence-electron chi connectivity index (χ1n) is 12.2. The standard InChI is InChI=1S/C28H32F2N6/c1-5-21-8-11-32-19-25(21)36(24-7-6-22(28(4,29)30)14-27(2,3)15-24)23-9-12-35(13-10-23)26-33-17-20(16-31)18-34-26/h5-8,11,17-19,23H,1,9-10,12-15H2,2-4H3. The van der Waals surface area contributed by atoms with Gasteiger partial charge < -0.3 is 9.80 Å². The van der Waals surface area contributed by atoms with Crippen LogP contribution in [0.15, 0.2) is 60.9 Å². The third-order valence-electron chi connectivity index (χ3n) is 6.87. The highest BCUT2D eigenvalue weighted by atomic mass is 19.3. The number of nitriles is 1. The van der Waals surface area contributed by atoms with Crippen molar-refractivity contribution in [3.63, 3.8) is 0 Å². The molecule has 1 aliphatic heterocycles. The second-order valence-corrected chi connectivity index (χ2v) is 10.4. The number of anilines is 2. The Kier molecular flexibility index (Phi) is 7.21. The van der Waals surface area contributed by atoms with Crippen LogP contribution < -0.4 is 9.80 Å². The van der Waals surface area contributed by atoms with Gasteiger partial charge in [-0.15, -0.1) is 0 Å². The minimum atomic E-state index is -2.86. The molecule has 188 valence electrons. The fraction of sp³-hybridized carbons (Fsp3) is 0.429. The molecule has 0 aromatic carbocycles. The fourth-order valence-corrected chi connectivity index (χ4v) is 5.07. The molecule has 0 saturated carbocycles. The average molecular weight is 491 g/mol. The van der Waals surface area contributed by atoms with Crippen molar-refractivity contribution in [3.8, 4) is 6.07 Å². The monoisotopic (exact) mass is 490 g/mol. The highest BCUT2D eigenvalue weighted by molar-refractivity contribution is 5.69. The summed E-state index contributed by atoms with van der Waals surface area (Å²) < 4.78 is 28.7. The summed E-state index contributed by atoms with van der Waals surface area (Å²) in [4.78, 5) is 17.5. The summed E-state index contributed by atoms with van der Waals surface area (Å²) in [7, 11) is 0. The van der Waals surface area contributed by atoms with Crippen molar-refractivity contribution in [2.45, 2.75) is 58.4 Å². The lowest BCUT2D eigenvalue weighted by Gasteiger charge is -2.42. The van der Waals surface area contributed by atoms with Gasteiger partial charge in [0.05, 0.1) is 29.8 Å². The molecule has 0 radical (unpaired) electrons. The van der Waals surface area contributed by atoms with E-state index in [9.17, 15) is 8.78 Å². The van der Waals surface area contributed by atoms with Gasteiger partial charge in [0, 0.05) is 43.5 Å². The van der Waals surface area contributed by atoms with Crippen LogP contribution in [-0.2, 0) is 0 Å². The van der Waals surface area contributed by atoms with Gasteiger partial charge in [0.15, 0.2) is 0 Å². The molecule has 2 aromatic rings. The first-order chi connectivity index (χ1) is 17.1. The summed E-state index contributed by atoms with van der Waals surface area (Å²) in [6, 6.07) is 4.12. The van der Waals surface area contributed by atoms with Crippen LogP contribution in [0.25, 0.3) is 6.08 Å². The minimum absolute atomic E-state index is 0.140. The van der Waals surface area contributed by atoms with E-state index in [1.165, 1.54) is 0 Å². The van der Waals surface area contributed by atoms with E-state index in [1.54, 1.807) is 24.7 Å². The zero-order chi connectivity index (χ0) is 25.9. The molecule has 1 fully saturated rings. The van der Waals surface area contributed by atoms with E-state index in [2.05, 4.69) is 31.3 Å². The van der Waals surface area contributed by atoms with Crippen molar-refractivity contribution >= 4 is 17.7 Å². The lowest BCUT2D eigenvalue weighted by molar-refractivity contribution is 0.0536. The number of rotatable bonds is 6. The number of halogens is 2. The van der Waals surface area contributed by atoms with E-state index in [1.807, 2.05) is 44.3 Å². The van der Waals surface area contributed by atoms with Crippen molar-refractivity contribution in [2.24, 2.45) is 5.41 Å². The van der Waals surface area contributed by atoms with Gasteiger partial charge in [0.2, 0.25) is 5.95 Å². The van der Waals surface area contributed by atoms with Gasteiger partial charge in [0.1, 0.15) is 6.07 Å². The molecule has 0 amide bonds. The number of aromatic nitrogens is 3. The zero-order valence-corrected chi connectivity index (χ0v) is 21.1. The second-order valence-electron chi connectivity index (χ2n) is 10.4. The van der Waals surface area contributed by atoms with Crippen LogP contribution in [0.3, 0.4) is 0 Å². The van der Waals surface area contributed by atoms with Crippen molar-refractivity contribution in [1.29, 1.82) is 5.26 Å². The normalized spacial score (nSPS) is 18.5. The van der Waals surface area contributed by atoms with Gasteiger partial charge in [-0.3, -0.25) is 4.98 Å². The quantitative estimate of drug-likeness (QED) is 0.484. The second kappa shape index (κ2) is 10.2. The molecule has 0 spiro atoms. The highest BCUT2D eigenvalue weighted by Gasteiger charge is 2.37. The van der Waals surface area contributed by atoms with Crippen molar-refractivity contribution in [3.05, 3.63) is 72.0 Å². The Labute approximate surface area is 211 Å². The van der Waals surface area contributed by atoms with Crippen LogP contribution in [0.2, 0.25) is 0 Å². The highest BCUT2D eigenvalue weighted by Crippen LogP contribution is 2.43. The van der Waals surface area contributed by atoms with Crippen molar-refractivity contribution in [2.75, 3.05) is 22.9 Å². The van der Waals surface area contributed by atoms with E-state index < -0.39 is 5.92 Å². The first-order valence-corrected chi connectivity index (χ1v) is 12.2. The van der Waals surface area contributed by atoms with E-state index in [0.717, 1.165) is 49.8 Å². The van der Waals surface area contributed by atoms with Crippen LogP contribution in [0.1, 0.15) is 57.6 Å². The Bertz CT molecular complexity index is 1200. The van der Waals surface area contributed by atoms with Gasteiger partial charge in [0.25, 0.3) is 5.92 Å². The van der Waals surface area contributed by atoms with E-state index in [4.69, 9.17) is 5.26 Å². The molecule has 1 aliphatic carbocycles. The summed E-state index contributed by atoms with van der Waals surface area (Å²) in [5.41, 5.74) is 3.15. The SMILES string of the molecule is C=Cc1ccncc1N(C1=CC=C(C(C)(F)F)CC(C)(C)C1)C1CCN(c2ncc(C#N)cn2)CC1. The minimum Gasteiger partial charge on any atom is -0.341 e. The summed E-state index contributed by atoms with van der Waals surface area (Å²) in [5.74, 6) is -2.25. The number of hydrogen-bond donors (Lipinski definition) is 0. The molecular formula is C28H32F2N6. The molecule has 2 aliphatic rings. The number of nitrogens with zero attached hydrogens (tertiary/aromatic N) is 6. The summed E-state index contributed by atoms with van der Waals surface area (Å²) in [6.07, 6.45) is 14.6. The molecule has 36 heavy (non-hydrogen) atoms. The smallest absolute Gasteiger partial charge is 0.266 e. The maximum Gasteiger partial charge on any atom is 0.266 e. The number of piperidine rings is 1. The van der Waals surface area contributed by atoms with Crippen LogP contribution in [0.5, 0.6) is 0 Å². The van der Waals surface area contributed by atoms with Crippen LogP contribution in [-0.4, -0.2) is 40.0 Å². The Morgan fingerprint density at radius 1 is 1.17 bits per heavy atom. The Morgan fingerprint density at radius 3 is 2.47 bits per heavy atom. The molecule has 4 rings (SSSR count). The molecule has 6 nitrogen and oxygen atoms in total. The molecule has 0 N–H and O–H groups in total. The molecule has 2 aromatic heterocycles. The first kappa shape index (κ1) is 25.5. The van der Waals surface area contributed by atoms with E-state index in [0.29, 0.717) is 24.4 Å². The molecular weight excluding hydrogens is 458 g/mol. The number of alkyl halides is 2. The Hall–Kier alpha value is -3.60. The number of pyridine rings is 1. The van der Waals surface area contributed by atoms with Crippen molar-refractivity contribution < 1.29 is 8.78 Å². The molecule has 3 heterocycles.